The van der Waals surface area contributed by atoms with E-state index in [2.05, 4.69) is 6.92 Å². The van der Waals surface area contributed by atoms with Crippen LogP contribution >= 0.6 is 0 Å². The van der Waals surface area contributed by atoms with Crippen LogP contribution in [-0.4, -0.2) is 24.0 Å². The molecule has 3 aliphatic heterocycles. The number of anilines is 1. The van der Waals surface area contributed by atoms with Gasteiger partial charge in [0.1, 0.15) is 0 Å². The second kappa shape index (κ2) is 4.16. The van der Waals surface area contributed by atoms with Gasteiger partial charge in [-0.15, -0.1) is 0 Å². The van der Waals surface area contributed by atoms with Gasteiger partial charge in [0, 0.05) is 0 Å². The van der Waals surface area contributed by atoms with Crippen molar-refractivity contribution in [2.24, 2.45) is 11.8 Å². The maximum Gasteiger partial charge on any atom is 0.240 e. The predicted octanol–water partition coefficient (Wildman–Crippen LogP) is 1.92. The Morgan fingerprint density at radius 3 is 2.10 bits per heavy atom. The van der Waals surface area contributed by atoms with Crippen LogP contribution in [0.5, 0.6) is 0 Å². The van der Waals surface area contributed by atoms with Crippen molar-refractivity contribution in [1.82, 2.24) is 0 Å². The Bertz CT molecular complexity index is 552. The highest BCUT2D eigenvalue weighted by Gasteiger charge is 2.62. The van der Waals surface area contributed by atoms with Crippen LogP contribution < -0.4 is 4.90 Å². The van der Waals surface area contributed by atoms with Crippen molar-refractivity contribution in [2.45, 2.75) is 38.4 Å². The average Bonchev–Trinajstić information content (AvgIpc) is 3.14. The molecule has 3 heterocycles. The molecule has 4 atom stereocenters. The summed E-state index contributed by atoms with van der Waals surface area (Å²) in [4.78, 5) is 26.5. The quantitative estimate of drug-likeness (QED) is 0.772. The van der Waals surface area contributed by atoms with E-state index < -0.39 is 0 Å². The van der Waals surface area contributed by atoms with E-state index in [1.165, 1.54) is 10.5 Å². The van der Waals surface area contributed by atoms with Crippen LogP contribution in [0.2, 0.25) is 0 Å². The van der Waals surface area contributed by atoms with E-state index in [9.17, 15) is 9.59 Å². The molecule has 104 valence electrons. The number of imide groups is 1. The van der Waals surface area contributed by atoms with Crippen molar-refractivity contribution >= 4 is 17.5 Å². The first-order valence-electron chi connectivity index (χ1n) is 7.33. The standard InChI is InChI=1S/C16H17NO3/c1-2-9-3-5-10(6-4-9)17-15(18)13-11-7-8-12(20-11)14(13)16(17)19/h3-6,11-14H,2,7-8H2,1H3/t11-,12-,13-,14+/m1/s1. The number of amides is 2. The molecule has 20 heavy (non-hydrogen) atoms. The highest BCUT2D eigenvalue weighted by atomic mass is 16.5. The maximum atomic E-state index is 12.6. The smallest absolute Gasteiger partial charge is 0.240 e. The Balaban J connectivity index is 1.69. The zero-order chi connectivity index (χ0) is 13.9. The van der Waals surface area contributed by atoms with Gasteiger partial charge in [-0.2, -0.15) is 0 Å². The molecule has 3 saturated heterocycles. The Kier molecular flexibility index (Phi) is 2.51. The van der Waals surface area contributed by atoms with Gasteiger partial charge >= 0.3 is 0 Å². The van der Waals surface area contributed by atoms with Crippen LogP contribution in [0, 0.1) is 11.8 Å². The van der Waals surface area contributed by atoms with E-state index in [-0.39, 0.29) is 35.9 Å². The molecule has 2 amide bonds. The van der Waals surface area contributed by atoms with E-state index in [1.54, 1.807) is 0 Å². The number of carbonyl (C=O) groups is 2. The third-order valence-electron chi connectivity index (χ3n) is 4.89. The first kappa shape index (κ1) is 12.1. The van der Waals surface area contributed by atoms with Crippen molar-refractivity contribution in [1.29, 1.82) is 0 Å². The molecular formula is C16H17NO3. The lowest BCUT2D eigenvalue weighted by molar-refractivity contribution is -0.124. The van der Waals surface area contributed by atoms with Gasteiger partial charge in [-0.05, 0) is 37.0 Å². The Hall–Kier alpha value is -1.68. The van der Waals surface area contributed by atoms with Crippen LogP contribution in [0.25, 0.3) is 0 Å². The minimum Gasteiger partial charge on any atom is -0.373 e. The summed E-state index contributed by atoms with van der Waals surface area (Å²) < 4.78 is 5.73. The largest absolute Gasteiger partial charge is 0.373 e. The van der Waals surface area contributed by atoms with Crippen LogP contribution in [0.4, 0.5) is 5.69 Å². The Morgan fingerprint density at radius 1 is 1.05 bits per heavy atom. The summed E-state index contributed by atoms with van der Waals surface area (Å²) in [5, 5.41) is 0. The normalized spacial score (nSPS) is 35.0. The number of hydrogen-bond donors (Lipinski definition) is 0. The van der Waals surface area contributed by atoms with E-state index >= 15 is 0 Å². The molecule has 4 heteroatoms. The van der Waals surface area contributed by atoms with Crippen molar-refractivity contribution in [3.05, 3.63) is 29.8 Å². The fourth-order valence-electron chi connectivity index (χ4n) is 3.85. The number of hydrogen-bond acceptors (Lipinski definition) is 3. The minimum atomic E-state index is -0.243. The van der Waals surface area contributed by atoms with E-state index in [0.717, 1.165) is 19.3 Å². The molecule has 0 aliphatic carbocycles. The molecule has 0 unspecified atom stereocenters. The second-order valence-corrected chi connectivity index (χ2v) is 5.87. The zero-order valence-corrected chi connectivity index (χ0v) is 11.4. The summed E-state index contributed by atoms with van der Waals surface area (Å²) in [6.45, 7) is 2.08. The molecular weight excluding hydrogens is 254 g/mol. The van der Waals surface area contributed by atoms with Gasteiger partial charge in [-0.1, -0.05) is 19.1 Å². The Morgan fingerprint density at radius 2 is 1.60 bits per heavy atom. The number of fused-ring (bicyclic) bond motifs is 5. The molecule has 4 nitrogen and oxygen atoms in total. The highest BCUT2D eigenvalue weighted by Crippen LogP contribution is 2.49. The van der Waals surface area contributed by atoms with Crippen molar-refractivity contribution in [2.75, 3.05) is 4.90 Å². The topological polar surface area (TPSA) is 46.6 Å². The fourth-order valence-corrected chi connectivity index (χ4v) is 3.85. The summed E-state index contributed by atoms with van der Waals surface area (Å²) in [5.74, 6) is -0.632. The molecule has 2 bridgehead atoms. The number of nitrogens with zero attached hydrogens (tertiary/aromatic N) is 1. The van der Waals surface area contributed by atoms with Crippen LogP contribution in [0.1, 0.15) is 25.3 Å². The lowest BCUT2D eigenvalue weighted by Gasteiger charge is -2.17. The molecule has 3 aliphatic rings. The highest BCUT2D eigenvalue weighted by molar-refractivity contribution is 6.22. The van der Waals surface area contributed by atoms with E-state index in [1.807, 2.05) is 24.3 Å². The summed E-state index contributed by atoms with van der Waals surface area (Å²) >= 11 is 0. The molecule has 4 rings (SSSR count). The van der Waals surface area contributed by atoms with E-state index in [0.29, 0.717) is 5.69 Å². The number of ether oxygens (including phenoxy) is 1. The monoisotopic (exact) mass is 271 g/mol. The van der Waals surface area contributed by atoms with Gasteiger partial charge in [0.2, 0.25) is 11.8 Å². The van der Waals surface area contributed by atoms with Gasteiger partial charge in [0.05, 0.1) is 29.7 Å². The predicted molar refractivity (Wildman–Crippen MR) is 73.2 cm³/mol. The SMILES string of the molecule is CCc1ccc(N2C(=O)[C@@H]3[C@H](C2=O)[C@H]2CC[C@H]3O2)cc1. The fraction of sp³-hybridized carbons (Fsp3) is 0.500. The molecule has 0 saturated carbocycles. The van der Waals surface area contributed by atoms with Crippen molar-refractivity contribution < 1.29 is 14.3 Å². The van der Waals surface area contributed by atoms with Crippen LogP contribution in [0.15, 0.2) is 24.3 Å². The number of benzene rings is 1. The second-order valence-electron chi connectivity index (χ2n) is 5.87. The number of rotatable bonds is 2. The maximum absolute atomic E-state index is 12.6. The summed E-state index contributed by atoms with van der Waals surface area (Å²) in [6.07, 6.45) is 2.69. The molecule has 3 fully saturated rings. The third-order valence-corrected chi connectivity index (χ3v) is 4.89. The van der Waals surface area contributed by atoms with Gasteiger partial charge in [0.25, 0.3) is 0 Å². The van der Waals surface area contributed by atoms with Gasteiger partial charge in [-0.3, -0.25) is 9.59 Å². The zero-order valence-electron chi connectivity index (χ0n) is 11.4. The molecule has 0 spiro atoms. The molecule has 0 N–H and O–H groups in total. The molecule has 1 aromatic rings. The van der Waals surface area contributed by atoms with Crippen molar-refractivity contribution in [3.8, 4) is 0 Å². The lowest BCUT2D eigenvalue weighted by atomic mass is 9.81. The van der Waals surface area contributed by atoms with E-state index in [4.69, 9.17) is 4.74 Å². The first-order valence-corrected chi connectivity index (χ1v) is 7.33. The summed E-state index contributed by atoms with van der Waals surface area (Å²) in [5.41, 5.74) is 1.91. The summed E-state index contributed by atoms with van der Waals surface area (Å²) in [6, 6.07) is 7.71. The number of carbonyl (C=O) groups excluding carboxylic acids is 2. The average molecular weight is 271 g/mol. The number of aryl methyl sites for hydroxylation is 1. The minimum absolute atomic E-state index is 0.0404. The van der Waals surface area contributed by atoms with Gasteiger partial charge < -0.3 is 4.74 Å². The summed E-state index contributed by atoms with van der Waals surface area (Å²) in [7, 11) is 0. The van der Waals surface area contributed by atoms with Crippen molar-refractivity contribution in [3.63, 3.8) is 0 Å². The Labute approximate surface area is 117 Å². The lowest BCUT2D eigenvalue weighted by Crippen LogP contribution is -2.34. The first-order chi connectivity index (χ1) is 9.70. The molecule has 0 radical (unpaired) electrons. The van der Waals surface area contributed by atoms with Gasteiger partial charge in [-0.25, -0.2) is 4.90 Å². The molecule has 1 aromatic carbocycles. The third kappa shape index (κ3) is 1.45. The van der Waals surface area contributed by atoms with Crippen LogP contribution in [-0.2, 0) is 20.7 Å². The van der Waals surface area contributed by atoms with Crippen LogP contribution in [0.3, 0.4) is 0 Å². The van der Waals surface area contributed by atoms with Gasteiger partial charge in [0.15, 0.2) is 0 Å². The molecule has 0 aromatic heterocycles.